The number of carbonyl (C=O) groups is 2. The zero-order valence-corrected chi connectivity index (χ0v) is 12.2. The Hall–Kier alpha value is -1.69. The first-order valence-corrected chi connectivity index (χ1v) is 7.09. The van der Waals surface area contributed by atoms with E-state index in [9.17, 15) is 9.59 Å². The molecule has 2 rings (SSSR count). The molecule has 1 aliphatic rings. The van der Waals surface area contributed by atoms with Gasteiger partial charge in [-0.05, 0) is 13.3 Å². The molecule has 20 heavy (non-hydrogen) atoms. The molecule has 0 radical (unpaired) electrons. The van der Waals surface area contributed by atoms with Crippen molar-refractivity contribution in [2.24, 2.45) is 0 Å². The number of aryl methyl sites for hydroxylation is 1. The first-order valence-electron chi connectivity index (χ1n) is 7.09. The van der Waals surface area contributed by atoms with Gasteiger partial charge in [-0.2, -0.15) is 0 Å². The monoisotopic (exact) mass is 279 g/mol. The summed E-state index contributed by atoms with van der Waals surface area (Å²) in [5, 5.41) is 3.06. The maximum Gasteiger partial charge on any atom is 0.247 e. The predicted octanol–water partition coefficient (Wildman–Crippen LogP) is 1.25. The van der Waals surface area contributed by atoms with E-state index < -0.39 is 6.04 Å². The molecule has 1 fully saturated rings. The first kappa shape index (κ1) is 14.7. The third-order valence-electron chi connectivity index (χ3n) is 3.66. The van der Waals surface area contributed by atoms with Gasteiger partial charge in [-0.25, -0.2) is 4.98 Å². The highest BCUT2D eigenvalue weighted by atomic mass is 16.4. The van der Waals surface area contributed by atoms with E-state index in [0.717, 1.165) is 18.6 Å². The van der Waals surface area contributed by atoms with Crippen LogP contribution in [0.3, 0.4) is 0 Å². The Labute approximate surface area is 118 Å². The normalized spacial score (nSPS) is 20.8. The molecule has 110 valence electrons. The number of amides is 2. The smallest absolute Gasteiger partial charge is 0.247 e. The quantitative estimate of drug-likeness (QED) is 0.793. The lowest BCUT2D eigenvalue weighted by atomic mass is 10.2. The van der Waals surface area contributed by atoms with Gasteiger partial charge in [0, 0.05) is 12.5 Å². The van der Waals surface area contributed by atoms with E-state index in [2.05, 4.69) is 10.3 Å². The molecule has 0 aliphatic carbocycles. The molecule has 2 amide bonds. The molecule has 6 heteroatoms. The molecule has 2 unspecified atom stereocenters. The predicted molar refractivity (Wildman–Crippen MR) is 72.7 cm³/mol. The van der Waals surface area contributed by atoms with Gasteiger partial charge < -0.3 is 4.42 Å². The highest BCUT2D eigenvalue weighted by molar-refractivity contribution is 6.05. The third kappa shape index (κ3) is 2.90. The number of oxazole rings is 1. The minimum absolute atomic E-state index is 0.0461. The van der Waals surface area contributed by atoms with Crippen LogP contribution in [0.1, 0.15) is 45.3 Å². The molecule has 1 aromatic heterocycles. The van der Waals surface area contributed by atoms with Gasteiger partial charge in [-0.1, -0.05) is 13.8 Å². The van der Waals surface area contributed by atoms with Gasteiger partial charge in [0.1, 0.15) is 5.76 Å². The maximum absolute atomic E-state index is 12.2. The van der Waals surface area contributed by atoms with E-state index in [-0.39, 0.29) is 24.3 Å². The minimum Gasteiger partial charge on any atom is -0.444 e. The van der Waals surface area contributed by atoms with E-state index in [1.807, 2.05) is 20.8 Å². The van der Waals surface area contributed by atoms with Crippen LogP contribution < -0.4 is 5.32 Å². The SMILES string of the molecule is CCc1cnc(CNC2CC(=O)N(C(C)CC)C2=O)o1. The molecular formula is C14H21N3O3. The van der Waals surface area contributed by atoms with Crippen LogP contribution in [0.25, 0.3) is 0 Å². The van der Waals surface area contributed by atoms with E-state index in [0.29, 0.717) is 12.4 Å². The second kappa shape index (κ2) is 6.17. The molecule has 1 aromatic rings. The van der Waals surface area contributed by atoms with Crippen LogP contribution in [0.5, 0.6) is 0 Å². The molecule has 0 spiro atoms. The van der Waals surface area contributed by atoms with Gasteiger partial charge in [0.25, 0.3) is 0 Å². The number of rotatable bonds is 6. The fourth-order valence-electron chi connectivity index (χ4n) is 2.26. The number of carbonyl (C=O) groups excluding carboxylic acids is 2. The summed E-state index contributed by atoms with van der Waals surface area (Å²) in [4.78, 5) is 29.6. The lowest BCUT2D eigenvalue weighted by Crippen LogP contribution is -2.42. The number of hydrogen-bond acceptors (Lipinski definition) is 5. The molecule has 1 saturated heterocycles. The Balaban J connectivity index is 1.94. The number of nitrogens with one attached hydrogen (secondary N) is 1. The van der Waals surface area contributed by atoms with E-state index >= 15 is 0 Å². The van der Waals surface area contributed by atoms with Gasteiger partial charge in [0.2, 0.25) is 17.7 Å². The summed E-state index contributed by atoms with van der Waals surface area (Å²) < 4.78 is 5.47. The van der Waals surface area contributed by atoms with Crippen molar-refractivity contribution >= 4 is 11.8 Å². The van der Waals surface area contributed by atoms with E-state index in [1.165, 1.54) is 4.90 Å². The summed E-state index contributed by atoms with van der Waals surface area (Å²) in [6.45, 7) is 6.20. The Bertz CT molecular complexity index is 498. The van der Waals surface area contributed by atoms with E-state index in [1.54, 1.807) is 6.20 Å². The number of likely N-dealkylation sites (tertiary alicyclic amines) is 1. The van der Waals surface area contributed by atoms with Crippen LogP contribution in [0.4, 0.5) is 0 Å². The van der Waals surface area contributed by atoms with Gasteiger partial charge in [-0.3, -0.25) is 19.8 Å². The number of nitrogens with zero attached hydrogens (tertiary/aromatic N) is 2. The molecule has 0 bridgehead atoms. The van der Waals surface area contributed by atoms with Gasteiger partial charge in [0.15, 0.2) is 0 Å². The van der Waals surface area contributed by atoms with Crippen LogP contribution in [0, 0.1) is 0 Å². The second-order valence-electron chi connectivity index (χ2n) is 5.07. The molecule has 2 atom stereocenters. The molecule has 6 nitrogen and oxygen atoms in total. The Kier molecular flexibility index (Phi) is 4.54. The molecule has 0 saturated carbocycles. The lowest BCUT2D eigenvalue weighted by Gasteiger charge is -2.21. The molecule has 0 aromatic carbocycles. The number of imide groups is 1. The molecule has 1 aliphatic heterocycles. The van der Waals surface area contributed by atoms with Crippen molar-refractivity contribution in [2.45, 2.75) is 58.7 Å². The summed E-state index contributed by atoms with van der Waals surface area (Å²) >= 11 is 0. The van der Waals surface area contributed by atoms with Crippen LogP contribution in [0.15, 0.2) is 10.6 Å². The zero-order valence-electron chi connectivity index (χ0n) is 12.2. The fourth-order valence-corrected chi connectivity index (χ4v) is 2.26. The molecular weight excluding hydrogens is 258 g/mol. The Morgan fingerprint density at radius 1 is 1.50 bits per heavy atom. The zero-order chi connectivity index (χ0) is 14.7. The van der Waals surface area contributed by atoms with E-state index in [4.69, 9.17) is 4.42 Å². The van der Waals surface area contributed by atoms with Crippen LogP contribution in [0.2, 0.25) is 0 Å². The average molecular weight is 279 g/mol. The maximum atomic E-state index is 12.2. The van der Waals surface area contributed by atoms with Crippen LogP contribution in [-0.2, 0) is 22.6 Å². The Morgan fingerprint density at radius 3 is 2.85 bits per heavy atom. The molecule has 2 heterocycles. The summed E-state index contributed by atoms with van der Waals surface area (Å²) in [5.41, 5.74) is 0. The number of hydrogen-bond donors (Lipinski definition) is 1. The lowest BCUT2D eigenvalue weighted by molar-refractivity contribution is -0.141. The summed E-state index contributed by atoms with van der Waals surface area (Å²) in [7, 11) is 0. The van der Waals surface area contributed by atoms with Gasteiger partial charge >= 0.3 is 0 Å². The minimum atomic E-state index is -0.464. The van der Waals surface area contributed by atoms with Crippen molar-refractivity contribution in [3.63, 3.8) is 0 Å². The highest BCUT2D eigenvalue weighted by Crippen LogP contribution is 2.18. The summed E-state index contributed by atoms with van der Waals surface area (Å²) in [5.74, 6) is 1.11. The highest BCUT2D eigenvalue weighted by Gasteiger charge is 2.40. The second-order valence-corrected chi connectivity index (χ2v) is 5.07. The average Bonchev–Trinajstić information content (AvgIpc) is 3.00. The largest absolute Gasteiger partial charge is 0.444 e. The number of aromatic nitrogens is 1. The standard InChI is InChI=1S/C14H21N3O3/c1-4-9(3)17-13(18)6-11(14(17)19)15-8-12-16-7-10(5-2)20-12/h7,9,11,15H,4-6,8H2,1-3H3. The fraction of sp³-hybridized carbons (Fsp3) is 0.643. The Morgan fingerprint density at radius 2 is 2.25 bits per heavy atom. The van der Waals surface area contributed by atoms with Crippen molar-refractivity contribution < 1.29 is 14.0 Å². The van der Waals surface area contributed by atoms with Crippen molar-refractivity contribution in [1.82, 2.24) is 15.2 Å². The van der Waals surface area contributed by atoms with Gasteiger partial charge in [-0.15, -0.1) is 0 Å². The van der Waals surface area contributed by atoms with Crippen LogP contribution >= 0.6 is 0 Å². The van der Waals surface area contributed by atoms with Crippen LogP contribution in [-0.4, -0.2) is 33.8 Å². The topological polar surface area (TPSA) is 75.4 Å². The van der Waals surface area contributed by atoms with Crippen molar-refractivity contribution in [2.75, 3.05) is 0 Å². The van der Waals surface area contributed by atoms with Crippen molar-refractivity contribution in [3.05, 3.63) is 17.8 Å². The van der Waals surface area contributed by atoms with Gasteiger partial charge in [0.05, 0.1) is 25.2 Å². The summed E-state index contributed by atoms with van der Waals surface area (Å²) in [6, 6.07) is -0.510. The van der Waals surface area contributed by atoms with Crippen molar-refractivity contribution in [3.8, 4) is 0 Å². The third-order valence-corrected chi connectivity index (χ3v) is 3.66. The molecule has 1 N–H and O–H groups in total. The van der Waals surface area contributed by atoms with Crippen molar-refractivity contribution in [1.29, 1.82) is 0 Å². The first-order chi connectivity index (χ1) is 9.56. The summed E-state index contributed by atoms with van der Waals surface area (Å²) in [6.07, 6.45) is 3.45.